The lowest BCUT2D eigenvalue weighted by atomic mass is 10.2. The van der Waals surface area contributed by atoms with Crippen molar-refractivity contribution in [3.05, 3.63) is 64.7 Å². The van der Waals surface area contributed by atoms with Crippen molar-refractivity contribution in [2.75, 3.05) is 13.2 Å². The standard InChI is InChI=1S/C19H17FN4O3/c20-12-3-5-14(6-4-12)27-10-13-2-1-7-24(13)19(26)16-8-15-17(9-21-16)22-11-23-18(15)25/h3-6,8-9,11,13H,1-2,7,10H2,(H,22,23,25). The van der Waals surface area contributed by atoms with E-state index in [4.69, 9.17) is 4.74 Å². The van der Waals surface area contributed by atoms with E-state index in [0.29, 0.717) is 29.8 Å². The third-order valence-electron chi connectivity index (χ3n) is 4.64. The molecule has 3 heterocycles. The first kappa shape index (κ1) is 17.1. The van der Waals surface area contributed by atoms with Gasteiger partial charge in [0.25, 0.3) is 11.5 Å². The molecule has 3 aromatic rings. The van der Waals surface area contributed by atoms with E-state index in [1.165, 1.54) is 30.7 Å². The Morgan fingerprint density at radius 1 is 1.30 bits per heavy atom. The molecule has 1 atom stereocenters. The maximum atomic E-state index is 13.0. The molecule has 27 heavy (non-hydrogen) atoms. The molecule has 0 saturated carbocycles. The number of benzene rings is 1. The number of nitrogens with zero attached hydrogens (tertiary/aromatic N) is 3. The Morgan fingerprint density at radius 3 is 2.93 bits per heavy atom. The van der Waals surface area contributed by atoms with Crippen molar-refractivity contribution in [2.45, 2.75) is 18.9 Å². The molecule has 2 aromatic heterocycles. The van der Waals surface area contributed by atoms with Crippen LogP contribution in [0.25, 0.3) is 10.9 Å². The fourth-order valence-electron chi connectivity index (χ4n) is 3.23. The number of aromatic amines is 1. The number of ether oxygens (including phenoxy) is 1. The maximum Gasteiger partial charge on any atom is 0.272 e. The normalized spacial score (nSPS) is 16.6. The molecule has 0 radical (unpaired) electrons. The summed E-state index contributed by atoms with van der Waals surface area (Å²) in [5.41, 5.74) is 0.330. The topological polar surface area (TPSA) is 88.2 Å². The highest BCUT2D eigenvalue weighted by atomic mass is 19.1. The summed E-state index contributed by atoms with van der Waals surface area (Å²) in [6.07, 6.45) is 4.40. The second kappa shape index (κ2) is 7.14. The molecule has 1 N–H and O–H groups in total. The molecule has 4 rings (SSSR count). The summed E-state index contributed by atoms with van der Waals surface area (Å²) in [5, 5.41) is 0.328. The second-order valence-corrected chi connectivity index (χ2v) is 6.38. The predicted molar refractivity (Wildman–Crippen MR) is 96.1 cm³/mol. The zero-order chi connectivity index (χ0) is 18.8. The Labute approximate surface area is 153 Å². The monoisotopic (exact) mass is 368 g/mol. The zero-order valence-corrected chi connectivity index (χ0v) is 14.4. The van der Waals surface area contributed by atoms with Gasteiger partial charge in [-0.3, -0.25) is 9.59 Å². The fraction of sp³-hybridized carbons (Fsp3) is 0.263. The van der Waals surface area contributed by atoms with E-state index in [2.05, 4.69) is 15.0 Å². The minimum Gasteiger partial charge on any atom is -0.491 e. The second-order valence-electron chi connectivity index (χ2n) is 6.38. The molecule has 1 fully saturated rings. The summed E-state index contributed by atoms with van der Waals surface area (Å²) in [7, 11) is 0. The Kier molecular flexibility index (Phi) is 4.53. The number of rotatable bonds is 4. The number of H-pyrrole nitrogens is 1. The van der Waals surface area contributed by atoms with E-state index in [-0.39, 0.29) is 29.0 Å². The van der Waals surface area contributed by atoms with Crippen LogP contribution in [0.15, 0.2) is 47.7 Å². The molecule has 0 spiro atoms. The number of aromatic nitrogens is 3. The molecule has 1 aliphatic heterocycles. The SMILES string of the molecule is O=C(c1cc2c(=O)[nH]cnc2cn1)N1CCCC1COc1ccc(F)cc1. The van der Waals surface area contributed by atoms with Crippen LogP contribution >= 0.6 is 0 Å². The summed E-state index contributed by atoms with van der Waals surface area (Å²) in [5.74, 6) is -0.0191. The van der Waals surface area contributed by atoms with Gasteiger partial charge in [0.15, 0.2) is 0 Å². The first-order valence-electron chi connectivity index (χ1n) is 8.64. The van der Waals surface area contributed by atoms with Gasteiger partial charge in [0.05, 0.1) is 29.5 Å². The lowest BCUT2D eigenvalue weighted by Crippen LogP contribution is -2.39. The number of nitrogens with one attached hydrogen (secondary N) is 1. The number of hydrogen-bond donors (Lipinski definition) is 1. The number of fused-ring (bicyclic) bond motifs is 1. The lowest BCUT2D eigenvalue weighted by molar-refractivity contribution is 0.0686. The van der Waals surface area contributed by atoms with Gasteiger partial charge in [-0.15, -0.1) is 0 Å². The van der Waals surface area contributed by atoms with Crippen molar-refractivity contribution < 1.29 is 13.9 Å². The minimum absolute atomic E-state index is 0.104. The Morgan fingerprint density at radius 2 is 2.11 bits per heavy atom. The summed E-state index contributed by atoms with van der Waals surface area (Å²) in [6.45, 7) is 0.909. The molecule has 1 saturated heterocycles. The molecule has 7 nitrogen and oxygen atoms in total. The van der Waals surface area contributed by atoms with Gasteiger partial charge in [-0.25, -0.2) is 14.4 Å². The third-order valence-corrected chi connectivity index (χ3v) is 4.64. The summed E-state index contributed by atoms with van der Waals surface area (Å²) >= 11 is 0. The van der Waals surface area contributed by atoms with E-state index in [1.54, 1.807) is 17.0 Å². The summed E-state index contributed by atoms with van der Waals surface area (Å²) in [6, 6.07) is 7.14. The minimum atomic E-state index is -0.327. The highest BCUT2D eigenvalue weighted by Crippen LogP contribution is 2.22. The summed E-state index contributed by atoms with van der Waals surface area (Å²) < 4.78 is 18.7. The molecule has 1 aliphatic rings. The van der Waals surface area contributed by atoms with Gasteiger partial charge in [-0.1, -0.05) is 0 Å². The van der Waals surface area contributed by atoms with Crippen LogP contribution in [-0.2, 0) is 0 Å². The molecule has 8 heteroatoms. The molecule has 1 unspecified atom stereocenters. The highest BCUT2D eigenvalue weighted by Gasteiger charge is 2.30. The van der Waals surface area contributed by atoms with Crippen molar-refractivity contribution >= 4 is 16.8 Å². The molecule has 0 aliphatic carbocycles. The van der Waals surface area contributed by atoms with Crippen LogP contribution in [0.2, 0.25) is 0 Å². The van der Waals surface area contributed by atoms with Crippen molar-refractivity contribution in [1.29, 1.82) is 0 Å². The molecule has 0 bridgehead atoms. The smallest absolute Gasteiger partial charge is 0.272 e. The van der Waals surface area contributed by atoms with Crippen LogP contribution < -0.4 is 10.3 Å². The maximum absolute atomic E-state index is 13.0. The molecule has 1 amide bonds. The van der Waals surface area contributed by atoms with E-state index >= 15 is 0 Å². The summed E-state index contributed by atoms with van der Waals surface area (Å²) in [4.78, 5) is 37.2. The van der Waals surface area contributed by atoms with Crippen molar-refractivity contribution in [1.82, 2.24) is 19.9 Å². The Bertz CT molecular complexity index is 1040. The van der Waals surface area contributed by atoms with Crippen LogP contribution in [0, 0.1) is 5.82 Å². The number of halogens is 1. The number of amides is 1. The molecular weight excluding hydrogens is 351 g/mol. The highest BCUT2D eigenvalue weighted by molar-refractivity contribution is 5.95. The zero-order valence-electron chi connectivity index (χ0n) is 14.4. The van der Waals surface area contributed by atoms with Crippen LogP contribution in [0.4, 0.5) is 4.39 Å². The number of likely N-dealkylation sites (tertiary alicyclic amines) is 1. The van der Waals surface area contributed by atoms with Crippen molar-refractivity contribution in [2.24, 2.45) is 0 Å². The van der Waals surface area contributed by atoms with E-state index in [9.17, 15) is 14.0 Å². The number of pyridine rings is 1. The number of carbonyl (C=O) groups excluding carboxylic acids is 1. The van der Waals surface area contributed by atoms with Gasteiger partial charge in [-0.2, -0.15) is 0 Å². The van der Waals surface area contributed by atoms with Crippen LogP contribution in [0.1, 0.15) is 23.3 Å². The lowest BCUT2D eigenvalue weighted by Gasteiger charge is -2.24. The van der Waals surface area contributed by atoms with Gasteiger partial charge < -0.3 is 14.6 Å². The van der Waals surface area contributed by atoms with Gasteiger partial charge >= 0.3 is 0 Å². The van der Waals surface area contributed by atoms with Crippen molar-refractivity contribution in [3.63, 3.8) is 0 Å². The molecule has 1 aromatic carbocycles. The fourth-order valence-corrected chi connectivity index (χ4v) is 3.23. The molecule has 138 valence electrons. The predicted octanol–water partition coefficient (Wildman–Crippen LogP) is 2.14. The van der Waals surface area contributed by atoms with Gasteiger partial charge in [0.1, 0.15) is 23.9 Å². The van der Waals surface area contributed by atoms with E-state index < -0.39 is 0 Å². The van der Waals surface area contributed by atoms with E-state index in [1.807, 2.05) is 0 Å². The third kappa shape index (κ3) is 3.51. The van der Waals surface area contributed by atoms with Crippen molar-refractivity contribution in [3.8, 4) is 5.75 Å². The van der Waals surface area contributed by atoms with Gasteiger partial charge in [-0.05, 0) is 43.2 Å². The van der Waals surface area contributed by atoms with Gasteiger partial charge in [0.2, 0.25) is 0 Å². The average molecular weight is 368 g/mol. The number of carbonyl (C=O) groups is 1. The Balaban J connectivity index is 1.51. The quantitative estimate of drug-likeness (QED) is 0.762. The largest absolute Gasteiger partial charge is 0.491 e. The van der Waals surface area contributed by atoms with Crippen LogP contribution in [0.3, 0.4) is 0 Å². The first-order valence-corrected chi connectivity index (χ1v) is 8.64. The Hall–Kier alpha value is -3.29. The van der Waals surface area contributed by atoms with Crippen LogP contribution in [0.5, 0.6) is 5.75 Å². The van der Waals surface area contributed by atoms with Crippen LogP contribution in [-0.4, -0.2) is 45.0 Å². The number of hydrogen-bond acceptors (Lipinski definition) is 5. The van der Waals surface area contributed by atoms with E-state index in [0.717, 1.165) is 12.8 Å². The average Bonchev–Trinajstić information content (AvgIpc) is 3.16. The molecular formula is C19H17FN4O3. The van der Waals surface area contributed by atoms with Gasteiger partial charge in [0, 0.05) is 6.54 Å². The first-order chi connectivity index (χ1) is 13.1.